The molecule has 0 radical (unpaired) electrons. The molecule has 5 aliphatic carbocycles. The van der Waals surface area contributed by atoms with Gasteiger partial charge in [-0.25, -0.2) is 0 Å². The Morgan fingerprint density at radius 3 is 2.54 bits per heavy atom. The number of ether oxygens (including phenoxy) is 1. The van der Waals surface area contributed by atoms with Crippen molar-refractivity contribution in [3.63, 3.8) is 0 Å². The number of carbonyl (C=O) groups excluding carboxylic acids is 2. The lowest BCUT2D eigenvalue weighted by Crippen LogP contribution is -2.65. The second-order valence-corrected chi connectivity index (χ2v) is 14.1. The van der Waals surface area contributed by atoms with Crippen LogP contribution in [0.4, 0.5) is 0 Å². The highest BCUT2D eigenvalue weighted by molar-refractivity contribution is 5.92. The number of pyridine rings is 1. The summed E-state index contributed by atoms with van der Waals surface area (Å²) < 4.78 is 8.45. The van der Waals surface area contributed by atoms with Gasteiger partial charge in [0.05, 0.1) is 24.3 Å². The van der Waals surface area contributed by atoms with Crippen molar-refractivity contribution in [1.82, 2.24) is 14.4 Å². The van der Waals surface area contributed by atoms with Crippen LogP contribution in [0.1, 0.15) is 80.6 Å². The lowest BCUT2D eigenvalue weighted by atomic mass is 9.46. The fraction of sp³-hybridized carbons (Fsp3) is 0.742. The van der Waals surface area contributed by atoms with E-state index in [0.29, 0.717) is 24.4 Å². The second-order valence-electron chi connectivity index (χ2n) is 14.1. The van der Waals surface area contributed by atoms with Gasteiger partial charge in [0.15, 0.2) is 0 Å². The predicted octanol–water partition coefficient (Wildman–Crippen LogP) is 1.78. The first-order chi connectivity index (χ1) is 19.7. The van der Waals surface area contributed by atoms with Crippen molar-refractivity contribution in [2.45, 2.75) is 94.0 Å². The Hall–Kier alpha value is -2.74. The van der Waals surface area contributed by atoms with Crippen LogP contribution < -0.4 is 17.0 Å². The highest BCUT2D eigenvalue weighted by Crippen LogP contribution is 2.64. The van der Waals surface area contributed by atoms with E-state index in [2.05, 4.69) is 11.0 Å². The number of piperidine rings is 2. The molecule has 10 nitrogen and oxygen atoms in total. The molecule has 3 heterocycles. The van der Waals surface area contributed by atoms with Crippen LogP contribution in [0.5, 0.6) is 0 Å². The molecule has 7 aliphatic rings. The Balaban J connectivity index is 0.965. The molecule has 5 saturated carbocycles. The summed E-state index contributed by atoms with van der Waals surface area (Å²) in [5.41, 5.74) is 11.6. The third-order valence-corrected chi connectivity index (χ3v) is 11.5. The highest BCUT2D eigenvalue weighted by Gasteiger charge is 2.63. The second kappa shape index (κ2) is 9.92. The zero-order valence-corrected chi connectivity index (χ0v) is 23.7. The van der Waals surface area contributed by atoms with Gasteiger partial charge in [-0.05, 0) is 99.5 Å². The summed E-state index contributed by atoms with van der Waals surface area (Å²) in [4.78, 5) is 42.3. The normalized spacial score (nSPS) is 38.4. The number of aromatic nitrogens is 1. The molecule has 41 heavy (non-hydrogen) atoms. The molecule has 1 aromatic rings. The molecule has 6 atom stereocenters. The first kappa shape index (κ1) is 27.1. The molecule has 0 spiro atoms. The summed E-state index contributed by atoms with van der Waals surface area (Å²) in [5, 5.41) is 9.66. The van der Waals surface area contributed by atoms with Gasteiger partial charge in [-0.2, -0.15) is 5.26 Å². The van der Waals surface area contributed by atoms with E-state index in [9.17, 15) is 19.6 Å². The average Bonchev–Trinajstić information content (AvgIpc) is 3.61. The number of amides is 2. The third-order valence-electron chi connectivity index (χ3n) is 11.5. The molecule has 2 amide bonds. The lowest BCUT2D eigenvalue weighted by Gasteiger charge is -2.63. The Bertz CT molecular complexity index is 1310. The van der Waals surface area contributed by atoms with E-state index >= 15 is 0 Å². The number of hydrogen-bond donors (Lipinski definition) is 2. The summed E-state index contributed by atoms with van der Waals surface area (Å²) in [6.45, 7) is 3.20. The summed E-state index contributed by atoms with van der Waals surface area (Å²) >= 11 is 0. The minimum atomic E-state index is -0.685. The zero-order valence-electron chi connectivity index (χ0n) is 23.7. The number of nitriles is 1. The Morgan fingerprint density at radius 1 is 1.12 bits per heavy atom. The summed E-state index contributed by atoms with van der Waals surface area (Å²) in [5.74, 6) is 0.920. The number of fused-ring (bicyclic) bond motifs is 1. The number of primary amides is 1. The monoisotopic (exact) mass is 562 g/mol. The van der Waals surface area contributed by atoms with Crippen LogP contribution in [0.25, 0.3) is 0 Å². The summed E-state index contributed by atoms with van der Waals surface area (Å²) in [6, 6.07) is 4.98. The maximum atomic E-state index is 13.8. The minimum absolute atomic E-state index is 0.00185. The maximum Gasteiger partial charge on any atom is 0.263 e. The van der Waals surface area contributed by atoms with Gasteiger partial charge < -0.3 is 30.6 Å². The standard InChI is InChI=1S/C31H42N6O4/c32-17-23-11-21-12-25(21)37(23)29(40)26(33)30-13-19-10-20(14-30)16-31(15-19,18-30)41-9-8-35-6-3-22(4-7-35)36-5-1-2-24(27(34)38)28(36)39/h1-2,5,19-23,25-26H,3-4,6-16,18,33H2,(H2,34,38)/t19?,20?,21-,23+,25+,26-,30?,31?/m1/s1. The fourth-order valence-electron chi connectivity index (χ4n) is 9.89. The SMILES string of the molecule is N#C[C@@H]1C[C@@H]2C[C@@H]2N1C(=O)[C@@H](N)C12CC3CC(CC(OCCN4CCC(n5cccc(C(N)=O)c5=O)CC4)(C3)C1)C2. The van der Waals surface area contributed by atoms with Crippen molar-refractivity contribution in [2.75, 3.05) is 26.2 Å². The maximum absolute atomic E-state index is 13.8. The predicted molar refractivity (Wildman–Crippen MR) is 150 cm³/mol. The Labute approximate surface area is 241 Å². The molecule has 2 unspecified atom stereocenters. The molecule has 4 N–H and O–H groups in total. The number of nitrogens with two attached hydrogens (primary N) is 2. The first-order valence-electron chi connectivity index (χ1n) is 15.6. The number of rotatable bonds is 8. The van der Waals surface area contributed by atoms with Crippen molar-refractivity contribution in [3.05, 3.63) is 34.2 Å². The number of nitrogens with zero attached hydrogens (tertiary/aromatic N) is 4. The van der Waals surface area contributed by atoms with Crippen LogP contribution in [0.2, 0.25) is 0 Å². The van der Waals surface area contributed by atoms with Gasteiger partial charge in [0.25, 0.3) is 11.5 Å². The van der Waals surface area contributed by atoms with Crippen LogP contribution in [-0.2, 0) is 9.53 Å². The molecule has 8 rings (SSSR count). The van der Waals surface area contributed by atoms with Gasteiger partial charge in [-0.15, -0.1) is 0 Å². The molecule has 220 valence electrons. The van der Waals surface area contributed by atoms with Crippen LogP contribution in [0, 0.1) is 34.5 Å². The summed E-state index contributed by atoms with van der Waals surface area (Å²) in [7, 11) is 0. The largest absolute Gasteiger partial charge is 0.374 e. The molecule has 2 aliphatic heterocycles. The van der Waals surface area contributed by atoms with Crippen molar-refractivity contribution in [1.29, 1.82) is 5.26 Å². The van der Waals surface area contributed by atoms with Crippen LogP contribution >= 0.6 is 0 Å². The molecule has 4 bridgehead atoms. The van der Waals surface area contributed by atoms with Crippen LogP contribution in [-0.4, -0.2) is 76.1 Å². The molecule has 0 aromatic carbocycles. The third kappa shape index (κ3) is 4.61. The van der Waals surface area contributed by atoms with Gasteiger partial charge >= 0.3 is 0 Å². The Kier molecular flexibility index (Phi) is 6.56. The Morgan fingerprint density at radius 2 is 1.85 bits per heavy atom. The van der Waals surface area contributed by atoms with Gasteiger partial charge in [0.1, 0.15) is 11.6 Å². The van der Waals surface area contributed by atoms with Gasteiger partial charge in [-0.3, -0.25) is 14.4 Å². The molecular weight excluding hydrogens is 520 g/mol. The van der Waals surface area contributed by atoms with Crippen molar-refractivity contribution in [2.24, 2.45) is 34.6 Å². The van der Waals surface area contributed by atoms with E-state index in [1.54, 1.807) is 16.8 Å². The highest BCUT2D eigenvalue weighted by atomic mass is 16.5. The fourth-order valence-corrected chi connectivity index (χ4v) is 9.89. The average molecular weight is 563 g/mol. The van der Waals surface area contributed by atoms with Crippen LogP contribution in [0.3, 0.4) is 0 Å². The van der Waals surface area contributed by atoms with Gasteiger partial charge in [0, 0.05) is 37.9 Å². The molecule has 1 aromatic heterocycles. The number of likely N-dealkylation sites (tertiary alicyclic amines) is 2. The van der Waals surface area contributed by atoms with Crippen molar-refractivity contribution < 1.29 is 14.3 Å². The summed E-state index contributed by atoms with van der Waals surface area (Å²) in [6.07, 6.45) is 11.4. The van der Waals surface area contributed by atoms with E-state index < -0.39 is 11.9 Å². The zero-order chi connectivity index (χ0) is 28.5. The van der Waals surface area contributed by atoms with Gasteiger partial charge in [-0.1, -0.05) is 0 Å². The van der Waals surface area contributed by atoms with E-state index in [4.69, 9.17) is 16.2 Å². The van der Waals surface area contributed by atoms with E-state index in [-0.39, 0.29) is 46.2 Å². The van der Waals surface area contributed by atoms with E-state index in [0.717, 1.165) is 77.4 Å². The van der Waals surface area contributed by atoms with E-state index in [1.165, 1.54) is 12.5 Å². The molecule has 7 fully saturated rings. The van der Waals surface area contributed by atoms with Crippen molar-refractivity contribution >= 4 is 11.8 Å². The first-order valence-corrected chi connectivity index (χ1v) is 15.6. The topological polar surface area (TPSA) is 148 Å². The van der Waals surface area contributed by atoms with E-state index in [1.807, 2.05) is 4.90 Å². The number of carbonyl (C=O) groups is 2. The molecular formula is C31H42N6O4. The lowest BCUT2D eigenvalue weighted by molar-refractivity contribution is -0.201. The molecule has 2 saturated heterocycles. The quantitative estimate of drug-likeness (QED) is 0.491. The van der Waals surface area contributed by atoms with Crippen LogP contribution in [0.15, 0.2) is 23.1 Å². The minimum Gasteiger partial charge on any atom is -0.374 e. The van der Waals surface area contributed by atoms with Crippen molar-refractivity contribution in [3.8, 4) is 6.07 Å². The van der Waals surface area contributed by atoms with Gasteiger partial charge in [0.2, 0.25) is 5.91 Å². The number of hydrogen-bond acceptors (Lipinski definition) is 7. The smallest absolute Gasteiger partial charge is 0.263 e. The molecule has 10 heteroatoms.